The molecule has 2 aliphatic heterocycles. The lowest BCUT2D eigenvalue weighted by Crippen LogP contribution is -2.52. The fraction of sp³-hybridized carbons (Fsp3) is 0.412. The van der Waals surface area contributed by atoms with Crippen molar-refractivity contribution < 1.29 is 23.9 Å². The fourth-order valence-electron chi connectivity index (χ4n) is 2.97. The van der Waals surface area contributed by atoms with Gasteiger partial charge in [0.25, 0.3) is 11.8 Å². The van der Waals surface area contributed by atoms with Gasteiger partial charge in [-0.3, -0.25) is 19.3 Å². The van der Waals surface area contributed by atoms with E-state index in [0.29, 0.717) is 17.9 Å². The third-order valence-electron chi connectivity index (χ3n) is 4.74. The summed E-state index contributed by atoms with van der Waals surface area (Å²) in [7, 11) is 0. The number of benzene rings is 1. The van der Waals surface area contributed by atoms with Gasteiger partial charge in [-0.1, -0.05) is 19.1 Å². The van der Waals surface area contributed by atoms with Gasteiger partial charge in [-0.05, 0) is 25.5 Å². The molecular weight excluding hydrogens is 340 g/mol. The summed E-state index contributed by atoms with van der Waals surface area (Å²) in [5.74, 6) is -1.32. The van der Waals surface area contributed by atoms with Crippen molar-refractivity contribution in [2.24, 2.45) is 5.73 Å². The van der Waals surface area contributed by atoms with Crippen LogP contribution in [0.25, 0.3) is 0 Å². The van der Waals surface area contributed by atoms with Crippen molar-refractivity contribution in [3.05, 3.63) is 24.3 Å². The summed E-state index contributed by atoms with van der Waals surface area (Å²) in [5.41, 5.74) is 4.76. The molecule has 1 aromatic rings. The van der Waals surface area contributed by atoms with Crippen molar-refractivity contribution >= 4 is 29.4 Å². The molecule has 2 aliphatic rings. The Morgan fingerprint density at radius 1 is 1.35 bits per heavy atom. The number of para-hydroxylation sites is 2. The number of fused-ring (bicyclic) bond motifs is 1. The predicted molar refractivity (Wildman–Crippen MR) is 91.3 cm³/mol. The van der Waals surface area contributed by atoms with Crippen molar-refractivity contribution in [2.75, 3.05) is 18.0 Å². The van der Waals surface area contributed by atoms with Gasteiger partial charge in [0, 0.05) is 0 Å². The van der Waals surface area contributed by atoms with Crippen LogP contribution in [-0.2, 0) is 14.4 Å². The van der Waals surface area contributed by atoms with Crippen LogP contribution in [0.5, 0.6) is 5.75 Å². The average molecular weight is 360 g/mol. The molecule has 0 unspecified atom stereocenters. The number of primary amides is 1. The third-order valence-corrected chi connectivity index (χ3v) is 4.74. The van der Waals surface area contributed by atoms with Crippen LogP contribution in [0.4, 0.5) is 10.5 Å². The first-order chi connectivity index (χ1) is 12.3. The maximum absolute atomic E-state index is 12.8. The molecule has 138 valence electrons. The lowest BCUT2D eigenvalue weighted by Gasteiger charge is -2.34. The molecule has 2 atom stereocenters. The minimum Gasteiger partial charge on any atom is -0.477 e. The number of carbonyl (C=O) groups excluding carboxylic acids is 4. The van der Waals surface area contributed by atoms with Gasteiger partial charge in [0.1, 0.15) is 17.8 Å². The van der Waals surface area contributed by atoms with Gasteiger partial charge in [-0.25, -0.2) is 4.79 Å². The molecule has 3 rings (SSSR count). The molecule has 0 aliphatic carbocycles. The topological polar surface area (TPSA) is 122 Å². The van der Waals surface area contributed by atoms with E-state index in [9.17, 15) is 19.2 Å². The summed E-state index contributed by atoms with van der Waals surface area (Å²) in [6.45, 7) is 2.88. The van der Waals surface area contributed by atoms with Crippen molar-refractivity contribution in [3.8, 4) is 5.75 Å². The number of nitrogens with zero attached hydrogens (tertiary/aromatic N) is 2. The van der Waals surface area contributed by atoms with E-state index in [4.69, 9.17) is 10.5 Å². The molecule has 26 heavy (non-hydrogen) atoms. The zero-order chi connectivity index (χ0) is 19.1. The summed E-state index contributed by atoms with van der Waals surface area (Å²) in [4.78, 5) is 51.2. The highest BCUT2D eigenvalue weighted by molar-refractivity contribution is 6.10. The minimum absolute atomic E-state index is 0.0835. The van der Waals surface area contributed by atoms with Gasteiger partial charge < -0.3 is 20.7 Å². The van der Waals surface area contributed by atoms with Crippen LogP contribution in [0.1, 0.15) is 20.3 Å². The molecule has 3 N–H and O–H groups in total. The molecule has 0 radical (unpaired) electrons. The van der Waals surface area contributed by atoms with E-state index in [-0.39, 0.29) is 6.54 Å². The Labute approximate surface area is 150 Å². The summed E-state index contributed by atoms with van der Waals surface area (Å²) in [6, 6.07) is 6.09. The third kappa shape index (κ3) is 2.85. The van der Waals surface area contributed by atoms with E-state index in [2.05, 4.69) is 5.32 Å². The Balaban J connectivity index is 1.84. The van der Waals surface area contributed by atoms with E-state index >= 15 is 0 Å². The number of imide groups is 1. The molecule has 9 heteroatoms. The number of carbonyl (C=O) groups is 4. The molecule has 5 amide bonds. The quantitative estimate of drug-likeness (QED) is 0.731. The number of anilines is 1. The minimum atomic E-state index is -1.02. The molecule has 2 heterocycles. The molecule has 0 bridgehead atoms. The number of nitrogens with two attached hydrogens (primary N) is 1. The van der Waals surface area contributed by atoms with Crippen LogP contribution < -0.4 is 20.7 Å². The molecule has 1 fully saturated rings. The number of rotatable bonds is 4. The second-order valence-electron chi connectivity index (χ2n) is 6.49. The maximum Gasteiger partial charge on any atom is 0.325 e. The Morgan fingerprint density at radius 3 is 2.65 bits per heavy atom. The van der Waals surface area contributed by atoms with Gasteiger partial charge in [-0.15, -0.1) is 0 Å². The van der Waals surface area contributed by atoms with E-state index in [1.807, 2.05) is 0 Å². The number of amides is 5. The van der Waals surface area contributed by atoms with Crippen LogP contribution in [0, 0.1) is 0 Å². The van der Waals surface area contributed by atoms with Crippen molar-refractivity contribution in [3.63, 3.8) is 0 Å². The second kappa shape index (κ2) is 6.32. The van der Waals surface area contributed by atoms with Gasteiger partial charge in [0.2, 0.25) is 5.91 Å². The first-order valence-corrected chi connectivity index (χ1v) is 8.26. The van der Waals surface area contributed by atoms with Crippen LogP contribution in [0.2, 0.25) is 0 Å². The van der Waals surface area contributed by atoms with Gasteiger partial charge >= 0.3 is 6.03 Å². The normalized spacial score (nSPS) is 24.8. The Bertz CT molecular complexity index is 795. The van der Waals surface area contributed by atoms with E-state index in [1.54, 1.807) is 38.1 Å². The lowest BCUT2D eigenvalue weighted by atomic mass is 9.99. The van der Waals surface area contributed by atoms with Crippen molar-refractivity contribution in [1.29, 1.82) is 0 Å². The molecule has 0 saturated carbocycles. The Hall–Kier alpha value is -3.10. The Morgan fingerprint density at radius 2 is 2.04 bits per heavy atom. The summed E-state index contributed by atoms with van der Waals surface area (Å²) >= 11 is 0. The van der Waals surface area contributed by atoms with Gasteiger partial charge in [-0.2, -0.15) is 0 Å². The zero-order valence-electron chi connectivity index (χ0n) is 14.5. The highest BCUT2D eigenvalue weighted by atomic mass is 16.5. The molecule has 9 nitrogen and oxygen atoms in total. The van der Waals surface area contributed by atoms with E-state index in [0.717, 1.165) is 4.90 Å². The molecule has 1 aromatic carbocycles. The highest BCUT2D eigenvalue weighted by Gasteiger charge is 2.47. The maximum atomic E-state index is 12.8. The molecule has 0 aromatic heterocycles. The van der Waals surface area contributed by atoms with Gasteiger partial charge in [0.05, 0.1) is 12.2 Å². The summed E-state index contributed by atoms with van der Waals surface area (Å²) in [5, 5.41) is 2.60. The monoisotopic (exact) mass is 360 g/mol. The molecule has 0 spiro atoms. The fourth-order valence-corrected chi connectivity index (χ4v) is 2.97. The van der Waals surface area contributed by atoms with Crippen LogP contribution >= 0.6 is 0 Å². The summed E-state index contributed by atoms with van der Waals surface area (Å²) < 4.78 is 5.51. The zero-order valence-corrected chi connectivity index (χ0v) is 14.5. The largest absolute Gasteiger partial charge is 0.477 e. The van der Waals surface area contributed by atoms with E-state index < -0.39 is 41.9 Å². The van der Waals surface area contributed by atoms with Gasteiger partial charge in [0.15, 0.2) is 6.10 Å². The van der Waals surface area contributed by atoms with E-state index in [1.165, 1.54) is 4.90 Å². The average Bonchev–Trinajstić information content (AvgIpc) is 2.84. The molecule has 1 saturated heterocycles. The van der Waals surface area contributed by atoms with Crippen LogP contribution in [0.15, 0.2) is 24.3 Å². The first kappa shape index (κ1) is 17.7. The number of urea groups is 1. The molecular formula is C17H20N4O5. The second-order valence-corrected chi connectivity index (χ2v) is 6.49. The van der Waals surface area contributed by atoms with Crippen LogP contribution in [0.3, 0.4) is 0 Å². The SMILES string of the molecule is CC[C@@]1(C)NC(=O)N(CC(=O)N2C[C@H](C(N)=O)Oc3ccccc32)C1=O. The van der Waals surface area contributed by atoms with Crippen molar-refractivity contribution in [1.82, 2.24) is 10.2 Å². The lowest BCUT2D eigenvalue weighted by molar-refractivity contribution is -0.134. The highest BCUT2D eigenvalue weighted by Crippen LogP contribution is 2.33. The standard InChI is InChI=1S/C17H20N4O5/c1-3-17(2)15(24)21(16(25)19-17)9-13(22)20-8-12(14(18)23)26-11-7-5-4-6-10(11)20/h4-7,12H,3,8-9H2,1-2H3,(H2,18,23)(H,19,25)/t12-,17-/m1/s1. The van der Waals surface area contributed by atoms with Crippen LogP contribution in [-0.4, -0.2) is 53.4 Å². The first-order valence-electron chi connectivity index (χ1n) is 8.26. The number of hydrogen-bond acceptors (Lipinski definition) is 5. The Kier molecular flexibility index (Phi) is 4.31. The smallest absolute Gasteiger partial charge is 0.325 e. The predicted octanol–water partition coefficient (Wildman–Crippen LogP) is -0.0136. The number of hydrogen-bond donors (Lipinski definition) is 2. The summed E-state index contributed by atoms with van der Waals surface area (Å²) in [6.07, 6.45) is -0.593. The van der Waals surface area contributed by atoms with Crippen molar-refractivity contribution in [2.45, 2.75) is 31.9 Å². The number of nitrogens with one attached hydrogen (secondary N) is 1. The number of ether oxygens (including phenoxy) is 1.